The number of carbonyl (C=O) groups is 3. The molecular weight excluding hydrogens is 438 g/mol. The molecule has 2 atom stereocenters. The molecule has 1 fully saturated rings. The Bertz CT molecular complexity index is 1290. The van der Waals surface area contributed by atoms with Gasteiger partial charge in [0, 0.05) is 10.8 Å². The number of anilines is 1. The molecule has 2 bridgehead atoms. The molecule has 1 heterocycles. The van der Waals surface area contributed by atoms with Crippen LogP contribution in [-0.2, 0) is 20.4 Å². The fourth-order valence-electron chi connectivity index (χ4n) is 6.64. The van der Waals surface area contributed by atoms with Crippen LogP contribution < -0.4 is 4.90 Å². The van der Waals surface area contributed by atoms with Crippen LogP contribution in [0.4, 0.5) is 5.69 Å². The van der Waals surface area contributed by atoms with E-state index in [1.807, 2.05) is 24.3 Å². The molecule has 1 saturated heterocycles. The largest absolute Gasteiger partial charge is 0.478 e. The summed E-state index contributed by atoms with van der Waals surface area (Å²) in [6.07, 6.45) is 0. The molecule has 6 heteroatoms. The Kier molecular flexibility index (Phi) is 3.87. The summed E-state index contributed by atoms with van der Waals surface area (Å²) in [6.45, 7) is 4.11. The fourth-order valence-corrected chi connectivity index (χ4v) is 6.84. The highest BCUT2D eigenvalue weighted by atomic mass is 35.5. The van der Waals surface area contributed by atoms with E-state index in [2.05, 4.69) is 38.1 Å². The van der Waals surface area contributed by atoms with Gasteiger partial charge < -0.3 is 5.11 Å². The van der Waals surface area contributed by atoms with Crippen molar-refractivity contribution in [2.75, 3.05) is 4.90 Å². The second-order valence-electron chi connectivity index (χ2n) is 9.43. The summed E-state index contributed by atoms with van der Waals surface area (Å²) < 4.78 is 0. The lowest BCUT2D eigenvalue weighted by Gasteiger charge is -2.57. The molecular formula is C27H20ClNO4. The summed E-state index contributed by atoms with van der Waals surface area (Å²) in [6, 6.07) is 20.4. The first-order valence-corrected chi connectivity index (χ1v) is 11.2. The van der Waals surface area contributed by atoms with Crippen molar-refractivity contribution in [3.63, 3.8) is 0 Å². The first-order chi connectivity index (χ1) is 15.7. The number of hydrogen-bond donors (Lipinski definition) is 1. The van der Waals surface area contributed by atoms with Crippen molar-refractivity contribution in [1.29, 1.82) is 0 Å². The van der Waals surface area contributed by atoms with Crippen molar-refractivity contribution in [1.82, 2.24) is 0 Å². The van der Waals surface area contributed by atoms with Crippen molar-refractivity contribution in [2.24, 2.45) is 11.8 Å². The van der Waals surface area contributed by atoms with Crippen molar-refractivity contribution in [2.45, 2.75) is 24.7 Å². The quantitative estimate of drug-likeness (QED) is 0.562. The first kappa shape index (κ1) is 20.2. The fraction of sp³-hybridized carbons (Fsp3) is 0.222. The molecule has 7 rings (SSSR count). The van der Waals surface area contributed by atoms with Crippen LogP contribution >= 0.6 is 11.6 Å². The molecule has 3 aliphatic carbocycles. The highest BCUT2D eigenvalue weighted by molar-refractivity contribution is 6.34. The molecule has 1 N–H and O–H groups in total. The number of benzene rings is 3. The highest BCUT2D eigenvalue weighted by Gasteiger charge is 2.70. The summed E-state index contributed by atoms with van der Waals surface area (Å²) >= 11 is 6.05. The smallest absolute Gasteiger partial charge is 0.337 e. The van der Waals surface area contributed by atoms with Gasteiger partial charge in [0.05, 0.1) is 28.1 Å². The monoisotopic (exact) mass is 457 g/mol. The second kappa shape index (κ2) is 6.33. The maximum atomic E-state index is 14.0. The SMILES string of the molecule is CC12c3ccccc3C(C)(c3ccccc31)[C@H]1C(=O)N(c3ccc(Cl)c(C(=O)O)c3)C(=O)[C@@H]12. The number of rotatable bonds is 2. The molecule has 0 unspecified atom stereocenters. The average Bonchev–Trinajstić information content (AvgIpc) is 3.09. The van der Waals surface area contributed by atoms with Crippen LogP contribution in [0.3, 0.4) is 0 Å². The Morgan fingerprint density at radius 2 is 1.24 bits per heavy atom. The lowest BCUT2D eigenvalue weighted by Crippen LogP contribution is -2.59. The van der Waals surface area contributed by atoms with Crippen LogP contribution in [0.5, 0.6) is 0 Å². The molecule has 4 aliphatic rings. The van der Waals surface area contributed by atoms with Crippen molar-refractivity contribution in [3.05, 3.63) is 99.6 Å². The maximum absolute atomic E-state index is 14.0. The highest BCUT2D eigenvalue weighted by Crippen LogP contribution is 2.66. The summed E-state index contributed by atoms with van der Waals surface area (Å²) in [5.41, 5.74) is 3.00. The molecule has 1 aliphatic heterocycles. The molecule has 5 nitrogen and oxygen atoms in total. The molecule has 2 amide bonds. The predicted molar refractivity (Wildman–Crippen MR) is 124 cm³/mol. The molecule has 3 aromatic carbocycles. The Balaban J connectivity index is 1.62. The van der Waals surface area contributed by atoms with Crippen LogP contribution in [0.1, 0.15) is 46.5 Å². The van der Waals surface area contributed by atoms with Crippen molar-refractivity contribution < 1.29 is 19.5 Å². The minimum atomic E-state index is -1.21. The van der Waals surface area contributed by atoms with Gasteiger partial charge in [-0.25, -0.2) is 9.69 Å². The Morgan fingerprint density at radius 3 is 1.64 bits per heavy atom. The summed E-state index contributed by atoms with van der Waals surface area (Å²) in [5.74, 6) is -3.01. The van der Waals surface area contributed by atoms with E-state index in [1.54, 1.807) is 0 Å². The van der Waals surface area contributed by atoms with E-state index in [-0.39, 0.29) is 28.1 Å². The van der Waals surface area contributed by atoms with Gasteiger partial charge in [-0.1, -0.05) is 74.0 Å². The van der Waals surface area contributed by atoms with Crippen molar-refractivity contribution >= 4 is 35.1 Å². The lowest BCUT2D eigenvalue weighted by molar-refractivity contribution is -0.124. The average molecular weight is 458 g/mol. The van der Waals surface area contributed by atoms with E-state index in [0.29, 0.717) is 0 Å². The minimum Gasteiger partial charge on any atom is -0.478 e. The minimum absolute atomic E-state index is 0.0570. The number of halogens is 1. The predicted octanol–water partition coefficient (Wildman–Crippen LogP) is 4.78. The topological polar surface area (TPSA) is 74.7 Å². The number of carboxylic acid groups (broad SMARTS) is 1. The van der Waals surface area contributed by atoms with Crippen LogP contribution in [0.2, 0.25) is 5.02 Å². The molecule has 33 heavy (non-hydrogen) atoms. The number of imide groups is 1. The van der Waals surface area contributed by atoms with E-state index < -0.39 is 28.6 Å². The van der Waals surface area contributed by atoms with Crippen LogP contribution in [-0.4, -0.2) is 22.9 Å². The molecule has 164 valence electrons. The number of hydrogen-bond acceptors (Lipinski definition) is 3. The van der Waals surface area contributed by atoms with Crippen LogP contribution in [0.15, 0.2) is 66.7 Å². The third-order valence-electron chi connectivity index (χ3n) is 8.08. The van der Waals surface area contributed by atoms with Gasteiger partial charge in [0.1, 0.15) is 0 Å². The van der Waals surface area contributed by atoms with Gasteiger partial charge in [0.25, 0.3) is 0 Å². The number of carboxylic acids is 1. The van der Waals surface area contributed by atoms with Gasteiger partial charge in [0.2, 0.25) is 11.8 Å². The number of amides is 2. The zero-order chi connectivity index (χ0) is 23.3. The van der Waals surface area contributed by atoms with Gasteiger partial charge in [-0.3, -0.25) is 9.59 Å². The molecule has 0 aromatic heterocycles. The van der Waals surface area contributed by atoms with E-state index >= 15 is 0 Å². The molecule has 0 saturated carbocycles. The van der Waals surface area contributed by atoms with E-state index in [0.717, 1.165) is 22.3 Å². The third kappa shape index (κ3) is 2.21. The normalized spacial score (nSPS) is 29.0. The summed E-state index contributed by atoms with van der Waals surface area (Å²) in [4.78, 5) is 40.8. The Hall–Kier alpha value is -3.44. The lowest BCUT2D eigenvalue weighted by atomic mass is 9.42. The maximum Gasteiger partial charge on any atom is 0.337 e. The zero-order valence-electron chi connectivity index (χ0n) is 18.0. The van der Waals surface area contributed by atoms with Gasteiger partial charge in [0.15, 0.2) is 0 Å². The zero-order valence-corrected chi connectivity index (χ0v) is 18.8. The summed E-state index contributed by atoms with van der Waals surface area (Å²) in [5, 5.41) is 9.57. The molecule has 3 aromatic rings. The third-order valence-corrected chi connectivity index (χ3v) is 8.41. The first-order valence-electron chi connectivity index (χ1n) is 10.8. The molecule has 0 radical (unpaired) electrons. The van der Waals surface area contributed by atoms with Crippen LogP contribution in [0, 0.1) is 11.8 Å². The van der Waals surface area contributed by atoms with E-state index in [1.165, 1.54) is 23.1 Å². The number of carbonyl (C=O) groups excluding carboxylic acids is 2. The van der Waals surface area contributed by atoms with E-state index in [4.69, 9.17) is 11.6 Å². The van der Waals surface area contributed by atoms with Gasteiger partial charge in [-0.05, 0) is 40.5 Å². The van der Waals surface area contributed by atoms with Gasteiger partial charge in [-0.2, -0.15) is 0 Å². The summed E-state index contributed by atoms with van der Waals surface area (Å²) in [7, 11) is 0. The number of nitrogens with zero attached hydrogens (tertiary/aromatic N) is 1. The van der Waals surface area contributed by atoms with Crippen molar-refractivity contribution in [3.8, 4) is 0 Å². The van der Waals surface area contributed by atoms with Crippen LogP contribution in [0.25, 0.3) is 0 Å². The Labute approximate surface area is 195 Å². The second-order valence-corrected chi connectivity index (χ2v) is 9.84. The standard InChI is InChI=1S/C27H20ClNO4/c1-26-16-7-3-5-9-18(16)27(2,19-10-6-4-8-17(19)26)22-21(26)23(30)29(24(22)31)14-11-12-20(28)15(13-14)25(32)33/h3-13,21-22H,1-2H3,(H,32,33)/t21-,22-,26?,27?/m1/s1. The van der Waals surface area contributed by atoms with Gasteiger partial charge in [-0.15, -0.1) is 0 Å². The number of aromatic carboxylic acids is 1. The molecule has 0 spiro atoms. The van der Waals surface area contributed by atoms with Gasteiger partial charge >= 0.3 is 5.97 Å². The van der Waals surface area contributed by atoms with E-state index in [9.17, 15) is 19.5 Å². The Morgan fingerprint density at radius 1 is 0.818 bits per heavy atom.